The van der Waals surface area contributed by atoms with E-state index in [1.807, 2.05) is 0 Å². The molecule has 132 valence electrons. The molecule has 0 saturated carbocycles. The second-order valence-corrected chi connectivity index (χ2v) is 7.32. The Morgan fingerprint density at radius 1 is 1.46 bits per heavy atom. The van der Waals surface area contributed by atoms with E-state index in [0.29, 0.717) is 41.6 Å². The summed E-state index contributed by atoms with van der Waals surface area (Å²) in [7, 11) is 0. The van der Waals surface area contributed by atoms with Crippen molar-refractivity contribution in [2.45, 2.75) is 25.3 Å². The van der Waals surface area contributed by atoms with Gasteiger partial charge in [0.05, 0.1) is 15.3 Å². The third kappa shape index (κ3) is 4.75. The molecule has 2 amide bonds. The summed E-state index contributed by atoms with van der Waals surface area (Å²) in [5.41, 5.74) is 5.70. The lowest BCUT2D eigenvalue weighted by atomic mass is 9.90. The first-order valence-electron chi connectivity index (χ1n) is 7.42. The molecular formula is C14H19ClN4O4S. The van der Waals surface area contributed by atoms with Crippen LogP contribution in [0.15, 0.2) is 17.3 Å². The van der Waals surface area contributed by atoms with Crippen LogP contribution < -0.4 is 11.1 Å². The van der Waals surface area contributed by atoms with Gasteiger partial charge in [-0.25, -0.2) is 4.79 Å². The maximum Gasteiger partial charge on any atom is 0.407 e. The van der Waals surface area contributed by atoms with Gasteiger partial charge in [0.1, 0.15) is 0 Å². The lowest BCUT2D eigenvalue weighted by Gasteiger charge is -2.31. The van der Waals surface area contributed by atoms with Gasteiger partial charge in [0.15, 0.2) is 5.84 Å². The fraction of sp³-hybridized carbons (Fsp3) is 0.500. The highest BCUT2D eigenvalue weighted by Gasteiger charge is 2.27. The molecule has 0 spiro atoms. The first-order valence-corrected chi connectivity index (χ1v) is 8.61. The van der Waals surface area contributed by atoms with Crippen LogP contribution in [-0.2, 0) is 0 Å². The number of thiophene rings is 1. The third-order valence-corrected chi connectivity index (χ3v) is 5.26. The van der Waals surface area contributed by atoms with Gasteiger partial charge in [-0.05, 0) is 37.3 Å². The monoisotopic (exact) mass is 374 g/mol. The molecule has 10 heteroatoms. The van der Waals surface area contributed by atoms with Gasteiger partial charge in [-0.3, -0.25) is 4.79 Å². The van der Waals surface area contributed by atoms with Gasteiger partial charge < -0.3 is 26.3 Å². The van der Waals surface area contributed by atoms with Gasteiger partial charge in [0.25, 0.3) is 5.91 Å². The number of hydrogen-bond acceptors (Lipinski definition) is 5. The number of piperidine rings is 1. The Bertz CT molecular complexity index is 628. The molecule has 2 rings (SSSR count). The number of carbonyl (C=O) groups excluding carboxylic acids is 1. The Morgan fingerprint density at radius 3 is 2.62 bits per heavy atom. The molecule has 1 fully saturated rings. The summed E-state index contributed by atoms with van der Waals surface area (Å²) >= 11 is 6.97. The van der Waals surface area contributed by atoms with Crippen molar-refractivity contribution in [1.29, 1.82) is 0 Å². The first kappa shape index (κ1) is 18.3. The van der Waals surface area contributed by atoms with Crippen molar-refractivity contribution in [3.05, 3.63) is 21.3 Å². The van der Waals surface area contributed by atoms with Crippen LogP contribution in [0.5, 0.6) is 0 Å². The third-order valence-electron chi connectivity index (χ3n) is 4.03. The van der Waals surface area contributed by atoms with Crippen LogP contribution >= 0.6 is 22.9 Å². The average Bonchev–Trinajstić information content (AvgIpc) is 3.00. The number of rotatable bonds is 5. The Kier molecular flexibility index (Phi) is 6.27. The van der Waals surface area contributed by atoms with Crippen molar-refractivity contribution >= 4 is 40.8 Å². The van der Waals surface area contributed by atoms with Crippen molar-refractivity contribution in [1.82, 2.24) is 10.2 Å². The lowest BCUT2D eigenvalue weighted by Crippen LogP contribution is -2.47. The van der Waals surface area contributed by atoms with Crippen LogP contribution in [0, 0.1) is 5.92 Å². The van der Waals surface area contributed by atoms with E-state index in [9.17, 15) is 9.59 Å². The maximum absolute atomic E-state index is 12.2. The van der Waals surface area contributed by atoms with Crippen LogP contribution in [-0.4, -0.2) is 52.2 Å². The number of amides is 2. The second-order valence-electron chi connectivity index (χ2n) is 5.60. The van der Waals surface area contributed by atoms with E-state index in [4.69, 9.17) is 27.6 Å². The van der Waals surface area contributed by atoms with Crippen molar-refractivity contribution in [3.8, 4) is 0 Å². The number of nitrogens with zero attached hydrogens (tertiary/aromatic N) is 2. The molecule has 1 aromatic heterocycles. The van der Waals surface area contributed by atoms with Gasteiger partial charge in [0.2, 0.25) is 0 Å². The molecule has 1 saturated heterocycles. The van der Waals surface area contributed by atoms with Crippen molar-refractivity contribution in [2.24, 2.45) is 16.8 Å². The number of hydrogen-bond donors (Lipinski definition) is 4. The molecule has 1 atom stereocenters. The topological polar surface area (TPSA) is 128 Å². The van der Waals surface area contributed by atoms with E-state index < -0.39 is 12.1 Å². The second kappa shape index (κ2) is 8.20. The fourth-order valence-electron chi connectivity index (χ4n) is 2.68. The highest BCUT2D eigenvalue weighted by Crippen LogP contribution is 2.24. The number of oxime groups is 1. The summed E-state index contributed by atoms with van der Waals surface area (Å²) in [6, 6.07) is 2.61. The van der Waals surface area contributed by atoms with E-state index in [1.165, 1.54) is 4.90 Å². The number of halogens is 1. The number of carbonyl (C=O) groups is 2. The predicted molar refractivity (Wildman–Crippen MR) is 90.9 cm³/mol. The van der Waals surface area contributed by atoms with E-state index in [2.05, 4.69) is 10.5 Å². The van der Waals surface area contributed by atoms with Crippen LogP contribution in [0.1, 0.15) is 28.9 Å². The SMILES string of the molecule is NC(=NO)C(CC1CCN(C(=O)O)CC1)NC(=O)c1ccc(Cl)s1. The number of nitrogens with two attached hydrogens (primary N) is 1. The van der Waals surface area contributed by atoms with E-state index >= 15 is 0 Å². The van der Waals surface area contributed by atoms with Crippen molar-refractivity contribution in [2.75, 3.05) is 13.1 Å². The summed E-state index contributed by atoms with van der Waals surface area (Å²) in [5, 5.41) is 23.7. The Hall–Kier alpha value is -2.00. The normalized spacial score (nSPS) is 17.5. The average molecular weight is 375 g/mol. The molecule has 1 aliphatic rings. The van der Waals surface area contributed by atoms with Gasteiger partial charge in [-0.2, -0.15) is 0 Å². The molecule has 0 bridgehead atoms. The lowest BCUT2D eigenvalue weighted by molar-refractivity contribution is 0.0941. The summed E-state index contributed by atoms with van der Waals surface area (Å²) in [6.45, 7) is 0.884. The summed E-state index contributed by atoms with van der Waals surface area (Å²) in [4.78, 5) is 25.0. The molecule has 0 aliphatic carbocycles. The van der Waals surface area contributed by atoms with Gasteiger partial charge in [0, 0.05) is 13.1 Å². The molecule has 2 heterocycles. The number of likely N-dealkylation sites (tertiary alicyclic amines) is 1. The van der Waals surface area contributed by atoms with E-state index in [-0.39, 0.29) is 17.7 Å². The molecule has 0 aromatic carbocycles. The number of amidine groups is 1. The molecule has 1 aromatic rings. The Balaban J connectivity index is 1.96. The first-order chi connectivity index (χ1) is 11.4. The minimum absolute atomic E-state index is 0.0772. The molecule has 8 nitrogen and oxygen atoms in total. The molecule has 1 aliphatic heterocycles. The molecule has 0 radical (unpaired) electrons. The summed E-state index contributed by atoms with van der Waals surface area (Å²) in [6.07, 6.45) is 0.892. The smallest absolute Gasteiger partial charge is 0.407 e. The van der Waals surface area contributed by atoms with Gasteiger partial charge >= 0.3 is 6.09 Å². The Labute approximate surface area is 147 Å². The standard InChI is InChI=1S/C14H19ClN4O4S/c15-11-2-1-10(24-11)13(20)17-9(12(16)18-23)7-8-3-5-19(6-4-8)14(21)22/h1-2,8-9,23H,3-7H2,(H2,16,18)(H,17,20)(H,21,22). The zero-order valence-electron chi connectivity index (χ0n) is 12.8. The van der Waals surface area contributed by atoms with Gasteiger partial charge in [-0.1, -0.05) is 16.8 Å². The number of carboxylic acid groups (broad SMARTS) is 1. The molecule has 5 N–H and O–H groups in total. The van der Waals surface area contributed by atoms with Crippen LogP contribution in [0.3, 0.4) is 0 Å². The van der Waals surface area contributed by atoms with Crippen LogP contribution in [0.25, 0.3) is 0 Å². The molecular weight excluding hydrogens is 356 g/mol. The van der Waals surface area contributed by atoms with Crippen LogP contribution in [0.2, 0.25) is 4.34 Å². The fourth-order valence-corrected chi connectivity index (χ4v) is 3.63. The number of nitrogens with one attached hydrogen (secondary N) is 1. The van der Waals surface area contributed by atoms with Crippen LogP contribution in [0.4, 0.5) is 4.79 Å². The largest absolute Gasteiger partial charge is 0.465 e. The highest BCUT2D eigenvalue weighted by molar-refractivity contribution is 7.18. The van der Waals surface area contributed by atoms with Crippen molar-refractivity contribution in [3.63, 3.8) is 0 Å². The molecule has 24 heavy (non-hydrogen) atoms. The minimum atomic E-state index is -0.927. The van der Waals surface area contributed by atoms with Crippen molar-refractivity contribution < 1.29 is 19.9 Å². The van der Waals surface area contributed by atoms with E-state index in [0.717, 1.165) is 11.3 Å². The minimum Gasteiger partial charge on any atom is -0.465 e. The molecule has 1 unspecified atom stereocenters. The predicted octanol–water partition coefficient (Wildman–Crippen LogP) is 2.03. The quantitative estimate of drug-likeness (QED) is 0.271. The maximum atomic E-state index is 12.2. The summed E-state index contributed by atoms with van der Waals surface area (Å²) < 4.78 is 0.501. The highest BCUT2D eigenvalue weighted by atomic mass is 35.5. The zero-order valence-corrected chi connectivity index (χ0v) is 14.4. The summed E-state index contributed by atoms with van der Waals surface area (Å²) in [5.74, 6) is -0.240. The van der Waals surface area contributed by atoms with Gasteiger partial charge in [-0.15, -0.1) is 11.3 Å². The Morgan fingerprint density at radius 2 is 2.12 bits per heavy atom. The van der Waals surface area contributed by atoms with E-state index in [1.54, 1.807) is 12.1 Å². The zero-order chi connectivity index (χ0) is 17.7.